The van der Waals surface area contributed by atoms with E-state index in [2.05, 4.69) is 0 Å². The number of carbonyl (C=O) groups excluding carboxylic acids is 1. The number of alkyl halides is 3. The number of carbonyl (C=O) groups is 1. The first-order valence-corrected chi connectivity index (χ1v) is 6.00. The summed E-state index contributed by atoms with van der Waals surface area (Å²) in [6.45, 7) is 1.92. The summed E-state index contributed by atoms with van der Waals surface area (Å²) in [7, 11) is -4.05. The van der Waals surface area contributed by atoms with Crippen molar-refractivity contribution >= 4 is 15.9 Å². The van der Waals surface area contributed by atoms with E-state index in [-0.39, 0.29) is 6.42 Å². The van der Waals surface area contributed by atoms with E-state index in [4.69, 9.17) is 5.73 Å². The molecular formula is C7H13F3N2O3S. The van der Waals surface area contributed by atoms with Crippen molar-refractivity contribution in [2.75, 3.05) is 5.75 Å². The Bertz CT molecular complexity index is 362. The molecule has 96 valence electrons. The third kappa shape index (κ3) is 3.63. The van der Waals surface area contributed by atoms with Crippen LogP contribution in [0.15, 0.2) is 0 Å². The van der Waals surface area contributed by atoms with Crippen LogP contribution in [0.25, 0.3) is 0 Å². The van der Waals surface area contributed by atoms with Gasteiger partial charge in [0.1, 0.15) is 0 Å². The van der Waals surface area contributed by atoms with E-state index in [0.717, 1.165) is 0 Å². The van der Waals surface area contributed by atoms with Gasteiger partial charge in [-0.1, -0.05) is 6.92 Å². The average molecular weight is 262 g/mol. The van der Waals surface area contributed by atoms with Gasteiger partial charge < -0.3 is 5.73 Å². The molecule has 0 aliphatic carbocycles. The lowest BCUT2D eigenvalue weighted by molar-refractivity contribution is -0.186. The SMILES string of the molecule is CCCS(=O)(=O)NC(=O)C(C)(N)C(F)(F)F. The number of hydrogen-bond donors (Lipinski definition) is 2. The van der Waals surface area contributed by atoms with Gasteiger partial charge in [-0.25, -0.2) is 8.42 Å². The van der Waals surface area contributed by atoms with E-state index in [0.29, 0.717) is 6.92 Å². The van der Waals surface area contributed by atoms with Crippen LogP contribution in [0.3, 0.4) is 0 Å². The van der Waals surface area contributed by atoms with Gasteiger partial charge in [0.2, 0.25) is 10.0 Å². The normalized spacial score (nSPS) is 16.6. The highest BCUT2D eigenvalue weighted by molar-refractivity contribution is 7.90. The largest absolute Gasteiger partial charge is 0.415 e. The second-order valence-electron chi connectivity index (χ2n) is 3.45. The quantitative estimate of drug-likeness (QED) is 0.753. The molecule has 0 heterocycles. The van der Waals surface area contributed by atoms with Crippen LogP contribution in [-0.4, -0.2) is 31.8 Å². The van der Waals surface area contributed by atoms with E-state index >= 15 is 0 Å². The first-order chi connectivity index (χ1) is 6.94. The maximum Gasteiger partial charge on any atom is 0.415 e. The number of nitrogens with two attached hydrogens (primary N) is 1. The third-order valence-electron chi connectivity index (χ3n) is 1.78. The Hall–Kier alpha value is -0.830. The van der Waals surface area contributed by atoms with E-state index in [1.807, 2.05) is 0 Å². The van der Waals surface area contributed by atoms with E-state index < -0.39 is 33.4 Å². The molecule has 0 fully saturated rings. The Kier molecular flexibility index (Phi) is 4.34. The molecule has 0 aromatic rings. The fourth-order valence-electron chi connectivity index (χ4n) is 0.696. The van der Waals surface area contributed by atoms with E-state index in [1.54, 1.807) is 0 Å². The zero-order chi connectivity index (χ0) is 13.2. The molecular weight excluding hydrogens is 249 g/mol. The van der Waals surface area contributed by atoms with Crippen molar-refractivity contribution in [2.45, 2.75) is 32.0 Å². The lowest BCUT2D eigenvalue weighted by Crippen LogP contribution is -2.62. The van der Waals surface area contributed by atoms with E-state index in [1.165, 1.54) is 11.6 Å². The third-order valence-corrected chi connectivity index (χ3v) is 3.22. The highest BCUT2D eigenvalue weighted by Gasteiger charge is 2.54. The van der Waals surface area contributed by atoms with Gasteiger partial charge in [-0.05, 0) is 13.3 Å². The number of halogens is 3. The summed E-state index contributed by atoms with van der Waals surface area (Å²) in [5.74, 6) is -2.22. The van der Waals surface area contributed by atoms with Gasteiger partial charge in [0.05, 0.1) is 5.75 Å². The van der Waals surface area contributed by atoms with Crippen LogP contribution in [0.4, 0.5) is 13.2 Å². The Morgan fingerprint density at radius 1 is 1.38 bits per heavy atom. The summed E-state index contributed by atoms with van der Waals surface area (Å²) in [6, 6.07) is 0. The minimum atomic E-state index is -5.02. The second-order valence-corrected chi connectivity index (χ2v) is 5.29. The van der Waals surface area contributed by atoms with Crippen LogP contribution in [0, 0.1) is 0 Å². The number of rotatable bonds is 4. The van der Waals surface area contributed by atoms with Crippen LogP contribution in [0.1, 0.15) is 20.3 Å². The number of nitrogens with one attached hydrogen (secondary N) is 1. The van der Waals surface area contributed by atoms with Crippen LogP contribution >= 0.6 is 0 Å². The second kappa shape index (κ2) is 4.58. The first-order valence-electron chi connectivity index (χ1n) is 4.34. The molecule has 1 amide bonds. The van der Waals surface area contributed by atoms with E-state index in [9.17, 15) is 26.4 Å². The molecule has 16 heavy (non-hydrogen) atoms. The number of hydrogen-bond acceptors (Lipinski definition) is 4. The molecule has 3 N–H and O–H groups in total. The van der Waals surface area contributed by atoms with Crippen molar-refractivity contribution in [2.24, 2.45) is 5.73 Å². The van der Waals surface area contributed by atoms with Crippen LogP contribution in [-0.2, 0) is 14.8 Å². The summed E-state index contributed by atoms with van der Waals surface area (Å²) >= 11 is 0. The first kappa shape index (κ1) is 15.2. The van der Waals surface area contributed by atoms with Crippen molar-refractivity contribution in [3.8, 4) is 0 Å². The molecule has 0 aliphatic rings. The summed E-state index contributed by atoms with van der Waals surface area (Å²) < 4.78 is 60.2. The summed E-state index contributed by atoms with van der Waals surface area (Å²) in [5, 5.41) is 0. The van der Waals surface area contributed by atoms with Gasteiger partial charge in [-0.15, -0.1) is 0 Å². The van der Waals surface area contributed by atoms with Crippen molar-refractivity contribution < 1.29 is 26.4 Å². The van der Waals surface area contributed by atoms with Crippen LogP contribution in [0.5, 0.6) is 0 Å². The molecule has 1 unspecified atom stereocenters. The highest BCUT2D eigenvalue weighted by Crippen LogP contribution is 2.28. The lowest BCUT2D eigenvalue weighted by Gasteiger charge is -2.25. The Balaban J connectivity index is 4.86. The minimum Gasteiger partial charge on any atom is -0.310 e. The van der Waals surface area contributed by atoms with Gasteiger partial charge in [-0.2, -0.15) is 13.2 Å². The highest BCUT2D eigenvalue weighted by atomic mass is 32.2. The maximum atomic E-state index is 12.3. The van der Waals surface area contributed by atoms with Crippen molar-refractivity contribution in [1.29, 1.82) is 0 Å². The molecule has 0 rings (SSSR count). The Morgan fingerprint density at radius 3 is 2.12 bits per heavy atom. The fraction of sp³-hybridized carbons (Fsp3) is 0.857. The van der Waals surface area contributed by atoms with Crippen LogP contribution in [0.2, 0.25) is 0 Å². The molecule has 0 bridgehead atoms. The summed E-state index contributed by atoms with van der Waals surface area (Å²) in [4.78, 5) is 11.1. The van der Waals surface area contributed by atoms with Gasteiger partial charge in [0, 0.05) is 0 Å². The molecule has 0 aliphatic heterocycles. The Morgan fingerprint density at radius 2 is 1.81 bits per heavy atom. The maximum absolute atomic E-state index is 12.3. The molecule has 0 spiro atoms. The molecule has 1 atom stereocenters. The topological polar surface area (TPSA) is 89.3 Å². The van der Waals surface area contributed by atoms with Crippen molar-refractivity contribution in [3.05, 3.63) is 0 Å². The molecule has 0 aromatic heterocycles. The molecule has 0 saturated carbocycles. The smallest absolute Gasteiger partial charge is 0.310 e. The predicted molar refractivity (Wildman–Crippen MR) is 50.9 cm³/mol. The van der Waals surface area contributed by atoms with Crippen LogP contribution < -0.4 is 10.5 Å². The molecule has 0 aromatic carbocycles. The van der Waals surface area contributed by atoms with Gasteiger partial charge in [0.15, 0.2) is 5.54 Å². The Labute approximate surface area is 91.2 Å². The molecule has 0 saturated heterocycles. The summed E-state index contributed by atoms with van der Waals surface area (Å²) in [5.41, 5.74) is 1.51. The predicted octanol–water partition coefficient (Wildman–Crippen LogP) is 0.122. The molecule has 9 heteroatoms. The lowest BCUT2D eigenvalue weighted by atomic mass is 10.0. The van der Waals surface area contributed by atoms with Gasteiger partial charge in [0.25, 0.3) is 5.91 Å². The van der Waals surface area contributed by atoms with Crippen molar-refractivity contribution in [1.82, 2.24) is 4.72 Å². The average Bonchev–Trinajstić information content (AvgIpc) is 2.00. The summed E-state index contributed by atoms with van der Waals surface area (Å²) in [6.07, 6.45) is -4.84. The van der Waals surface area contributed by atoms with Gasteiger partial charge in [-0.3, -0.25) is 9.52 Å². The zero-order valence-corrected chi connectivity index (χ0v) is 9.57. The molecule has 5 nitrogen and oxygen atoms in total. The van der Waals surface area contributed by atoms with Gasteiger partial charge >= 0.3 is 6.18 Å². The monoisotopic (exact) mass is 262 g/mol. The fourth-order valence-corrected chi connectivity index (χ4v) is 1.83. The minimum absolute atomic E-state index is 0.177. The number of sulfonamides is 1. The number of amides is 1. The standard InChI is InChI=1S/C7H13F3N2O3S/c1-3-4-16(14,15)12-5(13)6(2,11)7(8,9)10/h3-4,11H2,1-2H3,(H,12,13). The van der Waals surface area contributed by atoms with Crippen molar-refractivity contribution in [3.63, 3.8) is 0 Å². The molecule has 0 radical (unpaired) electrons. The zero-order valence-electron chi connectivity index (χ0n) is 8.76.